The van der Waals surface area contributed by atoms with E-state index < -0.39 is 0 Å². The SMILES string of the molecule is c1ccc2c(N3CCN(C[C@@H]4CCCO4)CC3)nc(-c3ccncc3)nc2c1. The molecule has 1 atom stereocenters. The smallest absolute Gasteiger partial charge is 0.162 e. The molecule has 0 radical (unpaired) electrons. The predicted octanol–water partition coefficient (Wildman–Crippen LogP) is 2.99. The van der Waals surface area contributed by atoms with E-state index in [1.807, 2.05) is 18.2 Å². The second-order valence-electron chi connectivity index (χ2n) is 7.55. The fourth-order valence-electron chi connectivity index (χ4n) is 4.15. The number of aromatic nitrogens is 3. The van der Waals surface area contributed by atoms with Crippen LogP contribution in [0.25, 0.3) is 22.3 Å². The molecular formula is C22H25N5O. The van der Waals surface area contributed by atoms with Crippen LogP contribution in [0.4, 0.5) is 5.82 Å². The van der Waals surface area contributed by atoms with Crippen molar-refractivity contribution in [2.45, 2.75) is 18.9 Å². The first kappa shape index (κ1) is 17.5. The Kier molecular flexibility index (Phi) is 4.89. The topological polar surface area (TPSA) is 54.4 Å². The maximum atomic E-state index is 5.81. The predicted molar refractivity (Wildman–Crippen MR) is 110 cm³/mol. The number of anilines is 1. The molecule has 0 amide bonds. The number of rotatable bonds is 4. The third-order valence-electron chi connectivity index (χ3n) is 5.68. The molecule has 144 valence electrons. The minimum Gasteiger partial charge on any atom is -0.377 e. The molecule has 6 nitrogen and oxygen atoms in total. The molecule has 0 aliphatic carbocycles. The van der Waals surface area contributed by atoms with Crippen LogP contribution < -0.4 is 4.90 Å². The third kappa shape index (κ3) is 3.57. The van der Waals surface area contributed by atoms with Crippen molar-refractivity contribution >= 4 is 16.7 Å². The maximum absolute atomic E-state index is 5.81. The molecule has 0 saturated carbocycles. The average Bonchev–Trinajstić information content (AvgIpc) is 3.27. The Balaban J connectivity index is 1.40. The first-order valence-electron chi connectivity index (χ1n) is 10.1. The van der Waals surface area contributed by atoms with Crippen molar-refractivity contribution in [3.05, 3.63) is 48.8 Å². The number of benzene rings is 1. The first-order valence-corrected chi connectivity index (χ1v) is 10.1. The summed E-state index contributed by atoms with van der Waals surface area (Å²) in [4.78, 5) is 18.8. The van der Waals surface area contributed by atoms with Crippen LogP contribution in [0, 0.1) is 0 Å². The Hall–Kier alpha value is -2.57. The molecule has 0 spiro atoms. The van der Waals surface area contributed by atoms with E-state index in [1.54, 1.807) is 12.4 Å². The zero-order valence-electron chi connectivity index (χ0n) is 16.0. The second kappa shape index (κ2) is 7.81. The monoisotopic (exact) mass is 375 g/mol. The lowest BCUT2D eigenvalue weighted by Crippen LogP contribution is -2.48. The summed E-state index contributed by atoms with van der Waals surface area (Å²) in [6.45, 7) is 6.02. The highest BCUT2D eigenvalue weighted by molar-refractivity contribution is 5.91. The van der Waals surface area contributed by atoms with Crippen molar-refractivity contribution in [2.24, 2.45) is 0 Å². The Bertz CT molecular complexity index is 934. The van der Waals surface area contributed by atoms with E-state index in [2.05, 4.69) is 33.0 Å². The number of hydrogen-bond donors (Lipinski definition) is 0. The molecule has 0 N–H and O–H groups in total. The number of para-hydroxylation sites is 1. The van der Waals surface area contributed by atoms with E-state index >= 15 is 0 Å². The van der Waals surface area contributed by atoms with Crippen LogP contribution in [-0.4, -0.2) is 65.3 Å². The van der Waals surface area contributed by atoms with Gasteiger partial charge in [0.25, 0.3) is 0 Å². The first-order chi connectivity index (χ1) is 13.9. The minimum absolute atomic E-state index is 0.421. The maximum Gasteiger partial charge on any atom is 0.162 e. The van der Waals surface area contributed by atoms with Crippen LogP contribution in [0.2, 0.25) is 0 Å². The summed E-state index contributed by atoms with van der Waals surface area (Å²) in [6.07, 6.45) is 6.40. The number of piperazine rings is 1. The van der Waals surface area contributed by atoms with Crippen LogP contribution in [0.3, 0.4) is 0 Å². The summed E-state index contributed by atoms with van der Waals surface area (Å²) in [6, 6.07) is 12.2. The average molecular weight is 375 g/mol. The van der Waals surface area contributed by atoms with Gasteiger partial charge in [-0.15, -0.1) is 0 Å². The van der Waals surface area contributed by atoms with Gasteiger partial charge in [-0.25, -0.2) is 9.97 Å². The highest BCUT2D eigenvalue weighted by Crippen LogP contribution is 2.28. The Morgan fingerprint density at radius 1 is 0.964 bits per heavy atom. The van der Waals surface area contributed by atoms with Crippen molar-refractivity contribution in [3.63, 3.8) is 0 Å². The standard InChI is InChI=1S/C22H25N5O/c1-2-6-20-19(5-1)22(25-21(24-20)17-7-9-23-10-8-17)27-13-11-26(12-14-27)16-18-4-3-15-28-18/h1-2,5-10,18H,3-4,11-16H2/t18-/m0/s1. The van der Waals surface area contributed by atoms with Gasteiger partial charge >= 0.3 is 0 Å². The molecule has 28 heavy (non-hydrogen) atoms. The lowest BCUT2D eigenvalue weighted by Gasteiger charge is -2.36. The lowest BCUT2D eigenvalue weighted by atomic mass is 10.1. The minimum atomic E-state index is 0.421. The summed E-state index contributed by atoms with van der Waals surface area (Å²) < 4.78 is 5.81. The van der Waals surface area contributed by atoms with Gasteiger partial charge in [0.2, 0.25) is 0 Å². The Morgan fingerprint density at radius 3 is 2.57 bits per heavy atom. The number of ether oxygens (including phenoxy) is 1. The summed E-state index contributed by atoms with van der Waals surface area (Å²) >= 11 is 0. The van der Waals surface area contributed by atoms with Crippen molar-refractivity contribution in [2.75, 3.05) is 44.2 Å². The van der Waals surface area contributed by atoms with Gasteiger partial charge in [-0.05, 0) is 37.1 Å². The van der Waals surface area contributed by atoms with Crippen LogP contribution in [0.1, 0.15) is 12.8 Å². The van der Waals surface area contributed by atoms with Gasteiger partial charge in [0.05, 0.1) is 11.6 Å². The number of pyridine rings is 1. The van der Waals surface area contributed by atoms with E-state index in [0.29, 0.717) is 6.10 Å². The van der Waals surface area contributed by atoms with Crippen LogP contribution in [0.5, 0.6) is 0 Å². The summed E-state index contributed by atoms with van der Waals surface area (Å²) in [7, 11) is 0. The van der Waals surface area contributed by atoms with Crippen LogP contribution in [0.15, 0.2) is 48.8 Å². The Labute approximate surface area is 165 Å². The second-order valence-corrected chi connectivity index (χ2v) is 7.55. The van der Waals surface area contributed by atoms with Gasteiger partial charge in [-0.3, -0.25) is 9.88 Å². The van der Waals surface area contributed by atoms with Gasteiger partial charge in [-0.1, -0.05) is 12.1 Å². The molecule has 2 aromatic heterocycles. The molecular weight excluding hydrogens is 350 g/mol. The molecule has 2 saturated heterocycles. The normalized spacial score (nSPS) is 20.7. The molecule has 4 heterocycles. The largest absolute Gasteiger partial charge is 0.377 e. The molecule has 3 aromatic rings. The fraction of sp³-hybridized carbons (Fsp3) is 0.409. The number of hydrogen-bond acceptors (Lipinski definition) is 6. The third-order valence-corrected chi connectivity index (χ3v) is 5.68. The molecule has 2 aliphatic heterocycles. The van der Waals surface area contributed by atoms with Crippen molar-refractivity contribution in [1.29, 1.82) is 0 Å². The van der Waals surface area contributed by atoms with E-state index in [0.717, 1.165) is 67.4 Å². The van der Waals surface area contributed by atoms with Crippen LogP contribution in [-0.2, 0) is 4.74 Å². The fourth-order valence-corrected chi connectivity index (χ4v) is 4.15. The molecule has 0 unspecified atom stereocenters. The van der Waals surface area contributed by atoms with Gasteiger partial charge in [-0.2, -0.15) is 0 Å². The van der Waals surface area contributed by atoms with Crippen LogP contribution >= 0.6 is 0 Å². The van der Waals surface area contributed by atoms with E-state index in [9.17, 15) is 0 Å². The molecule has 6 heteroatoms. The summed E-state index contributed by atoms with van der Waals surface area (Å²) in [5.41, 5.74) is 1.99. The summed E-state index contributed by atoms with van der Waals surface area (Å²) in [5, 5.41) is 1.12. The van der Waals surface area contributed by atoms with Gasteiger partial charge in [0.15, 0.2) is 5.82 Å². The van der Waals surface area contributed by atoms with Gasteiger partial charge < -0.3 is 9.64 Å². The van der Waals surface area contributed by atoms with E-state index in [1.165, 1.54) is 12.8 Å². The zero-order valence-corrected chi connectivity index (χ0v) is 16.0. The molecule has 5 rings (SSSR count). The molecule has 0 bridgehead atoms. The van der Waals surface area contributed by atoms with E-state index in [4.69, 9.17) is 14.7 Å². The highest BCUT2D eigenvalue weighted by Gasteiger charge is 2.24. The molecule has 2 fully saturated rings. The Morgan fingerprint density at radius 2 is 1.79 bits per heavy atom. The van der Waals surface area contributed by atoms with Crippen molar-refractivity contribution in [1.82, 2.24) is 19.9 Å². The van der Waals surface area contributed by atoms with E-state index in [-0.39, 0.29) is 0 Å². The van der Waals surface area contributed by atoms with Gasteiger partial charge in [0.1, 0.15) is 5.82 Å². The lowest BCUT2D eigenvalue weighted by molar-refractivity contribution is 0.0712. The summed E-state index contributed by atoms with van der Waals surface area (Å²) in [5.74, 6) is 1.80. The molecule has 2 aliphatic rings. The van der Waals surface area contributed by atoms with Gasteiger partial charge in [0, 0.05) is 62.7 Å². The highest BCUT2D eigenvalue weighted by atomic mass is 16.5. The van der Waals surface area contributed by atoms with Crippen molar-refractivity contribution in [3.8, 4) is 11.4 Å². The number of nitrogens with zero attached hydrogens (tertiary/aromatic N) is 5. The quantitative estimate of drug-likeness (QED) is 0.699. The number of fused-ring (bicyclic) bond motifs is 1. The molecule has 1 aromatic carbocycles. The zero-order chi connectivity index (χ0) is 18.8. The van der Waals surface area contributed by atoms with Crippen molar-refractivity contribution < 1.29 is 4.74 Å².